The summed E-state index contributed by atoms with van der Waals surface area (Å²) in [6.07, 6.45) is 0.542. The molecular formula is C7H12O5. The van der Waals surface area contributed by atoms with Crippen LogP contribution in [0.3, 0.4) is 0 Å². The lowest BCUT2D eigenvalue weighted by Gasteiger charge is -1.79. The van der Waals surface area contributed by atoms with Crippen molar-refractivity contribution < 1.29 is 24.5 Å². The number of hydrogen-bond donors (Lipinski definition) is 2. The molecule has 0 unspecified atom stereocenters. The molecule has 1 rings (SSSR count). The molecule has 12 heavy (non-hydrogen) atoms. The molecule has 1 atom stereocenters. The summed E-state index contributed by atoms with van der Waals surface area (Å²) in [6, 6.07) is 0. The number of epoxide rings is 1. The van der Waals surface area contributed by atoms with Crippen molar-refractivity contribution >= 4 is 11.9 Å². The molecule has 1 aliphatic heterocycles. The van der Waals surface area contributed by atoms with Gasteiger partial charge in [-0.15, -0.1) is 0 Å². The summed E-state index contributed by atoms with van der Waals surface area (Å²) in [7, 11) is 0. The standard InChI is InChI=1S/C4H8O2.C3H4O3/c1-2-3-4(5)6;4-3(5)2-1-6-2/h2-3H2,1H3,(H,5,6);2H,1H2,(H,4,5)/t;2-/m.1/s1. The Bertz CT molecular complexity index is 161. The van der Waals surface area contributed by atoms with Gasteiger partial charge < -0.3 is 14.9 Å². The van der Waals surface area contributed by atoms with Crippen LogP contribution in [0.25, 0.3) is 0 Å². The van der Waals surface area contributed by atoms with Crippen molar-refractivity contribution in [3.05, 3.63) is 0 Å². The van der Waals surface area contributed by atoms with E-state index >= 15 is 0 Å². The molecule has 0 bridgehead atoms. The third kappa shape index (κ3) is 7.01. The second-order valence-electron chi connectivity index (χ2n) is 2.30. The maximum Gasteiger partial charge on any atom is 0.335 e. The van der Waals surface area contributed by atoms with Gasteiger partial charge in [-0.2, -0.15) is 0 Å². The molecule has 0 radical (unpaired) electrons. The molecule has 1 heterocycles. The first-order valence-electron chi connectivity index (χ1n) is 3.64. The van der Waals surface area contributed by atoms with Gasteiger partial charge in [0.2, 0.25) is 0 Å². The summed E-state index contributed by atoms with van der Waals surface area (Å²) < 4.78 is 4.37. The van der Waals surface area contributed by atoms with Crippen LogP contribution in [0.2, 0.25) is 0 Å². The van der Waals surface area contributed by atoms with E-state index in [-0.39, 0.29) is 0 Å². The third-order valence-electron chi connectivity index (χ3n) is 1.07. The fourth-order valence-electron chi connectivity index (χ4n) is 0.405. The number of rotatable bonds is 3. The molecule has 0 spiro atoms. The Kier molecular flexibility index (Phi) is 5.03. The van der Waals surface area contributed by atoms with Crippen LogP contribution in [0.5, 0.6) is 0 Å². The van der Waals surface area contributed by atoms with E-state index in [4.69, 9.17) is 10.2 Å². The maximum absolute atomic E-state index is 9.64. The van der Waals surface area contributed by atoms with Crippen molar-refractivity contribution in [2.24, 2.45) is 0 Å². The molecule has 0 aliphatic carbocycles. The van der Waals surface area contributed by atoms with Crippen molar-refractivity contribution in [3.8, 4) is 0 Å². The molecule has 1 aliphatic rings. The Hall–Kier alpha value is -1.10. The summed E-state index contributed by atoms with van der Waals surface area (Å²) in [4.78, 5) is 19.2. The highest BCUT2D eigenvalue weighted by molar-refractivity contribution is 5.74. The SMILES string of the molecule is CCCC(=O)O.O=C(O)[C@H]1CO1. The highest BCUT2D eigenvalue weighted by Crippen LogP contribution is 2.06. The van der Waals surface area contributed by atoms with E-state index in [1.165, 1.54) is 0 Å². The summed E-state index contributed by atoms with van der Waals surface area (Å²) in [5.41, 5.74) is 0. The van der Waals surface area contributed by atoms with Crippen LogP contribution >= 0.6 is 0 Å². The minimum atomic E-state index is -0.852. The first-order valence-corrected chi connectivity index (χ1v) is 3.64. The van der Waals surface area contributed by atoms with Crippen molar-refractivity contribution in [1.82, 2.24) is 0 Å². The summed E-state index contributed by atoms with van der Waals surface area (Å²) in [5.74, 6) is -1.56. The van der Waals surface area contributed by atoms with Crippen LogP contribution in [0, 0.1) is 0 Å². The molecule has 5 heteroatoms. The molecule has 70 valence electrons. The maximum atomic E-state index is 9.64. The predicted molar refractivity (Wildman–Crippen MR) is 39.9 cm³/mol. The molecule has 1 saturated heterocycles. The van der Waals surface area contributed by atoms with Crippen LogP contribution in [0.1, 0.15) is 19.8 Å². The van der Waals surface area contributed by atoms with E-state index in [9.17, 15) is 9.59 Å². The van der Waals surface area contributed by atoms with Gasteiger partial charge in [-0.1, -0.05) is 6.92 Å². The first-order chi connectivity index (χ1) is 5.57. The van der Waals surface area contributed by atoms with E-state index in [2.05, 4.69) is 4.74 Å². The monoisotopic (exact) mass is 176 g/mol. The largest absolute Gasteiger partial charge is 0.481 e. The van der Waals surface area contributed by atoms with Gasteiger partial charge in [0.15, 0.2) is 6.10 Å². The van der Waals surface area contributed by atoms with Gasteiger partial charge in [0.05, 0.1) is 6.61 Å². The van der Waals surface area contributed by atoms with Crippen molar-refractivity contribution in [3.63, 3.8) is 0 Å². The molecule has 5 nitrogen and oxygen atoms in total. The Morgan fingerprint density at radius 1 is 1.50 bits per heavy atom. The Morgan fingerprint density at radius 3 is 2.00 bits per heavy atom. The third-order valence-corrected chi connectivity index (χ3v) is 1.07. The van der Waals surface area contributed by atoms with Crippen molar-refractivity contribution in [1.29, 1.82) is 0 Å². The van der Waals surface area contributed by atoms with Crippen LogP contribution in [0.15, 0.2) is 0 Å². The fourth-order valence-corrected chi connectivity index (χ4v) is 0.405. The van der Waals surface area contributed by atoms with Crippen molar-refractivity contribution in [2.75, 3.05) is 6.61 Å². The van der Waals surface area contributed by atoms with Crippen LogP contribution in [-0.2, 0) is 14.3 Å². The van der Waals surface area contributed by atoms with Gasteiger partial charge in [-0.25, -0.2) is 4.79 Å². The molecule has 0 aromatic carbocycles. The second-order valence-corrected chi connectivity index (χ2v) is 2.30. The van der Waals surface area contributed by atoms with Crippen LogP contribution < -0.4 is 0 Å². The Morgan fingerprint density at radius 2 is 2.00 bits per heavy atom. The van der Waals surface area contributed by atoms with Gasteiger partial charge in [0.25, 0.3) is 0 Å². The zero-order chi connectivity index (χ0) is 9.56. The minimum Gasteiger partial charge on any atom is -0.481 e. The number of aliphatic carboxylic acids is 2. The smallest absolute Gasteiger partial charge is 0.335 e. The first kappa shape index (κ1) is 10.9. The number of hydrogen-bond acceptors (Lipinski definition) is 3. The average Bonchev–Trinajstić information content (AvgIpc) is 2.67. The average molecular weight is 176 g/mol. The number of ether oxygens (including phenoxy) is 1. The quantitative estimate of drug-likeness (QED) is 0.605. The predicted octanol–water partition coefficient (Wildman–Crippen LogP) is 0.341. The normalized spacial score (nSPS) is 18.9. The lowest BCUT2D eigenvalue weighted by atomic mass is 10.4. The fraction of sp³-hybridized carbons (Fsp3) is 0.714. The van der Waals surface area contributed by atoms with E-state index in [1.807, 2.05) is 6.92 Å². The number of carbonyl (C=O) groups is 2. The van der Waals surface area contributed by atoms with Crippen molar-refractivity contribution in [2.45, 2.75) is 25.9 Å². The molecular weight excluding hydrogens is 164 g/mol. The van der Waals surface area contributed by atoms with Gasteiger partial charge in [0.1, 0.15) is 0 Å². The van der Waals surface area contributed by atoms with E-state index in [0.29, 0.717) is 13.0 Å². The summed E-state index contributed by atoms with van der Waals surface area (Å²) >= 11 is 0. The Labute approximate surface area is 70.0 Å². The lowest BCUT2D eigenvalue weighted by Crippen LogP contribution is -2.02. The lowest BCUT2D eigenvalue weighted by molar-refractivity contribution is -0.138. The topological polar surface area (TPSA) is 87.1 Å². The van der Waals surface area contributed by atoms with E-state index in [0.717, 1.165) is 6.42 Å². The van der Waals surface area contributed by atoms with Gasteiger partial charge >= 0.3 is 11.9 Å². The van der Waals surface area contributed by atoms with Gasteiger partial charge in [-0.3, -0.25) is 4.79 Å². The second kappa shape index (κ2) is 5.54. The molecule has 0 amide bonds. The molecule has 2 N–H and O–H groups in total. The highest BCUT2D eigenvalue weighted by Gasteiger charge is 2.30. The molecule has 0 aromatic rings. The van der Waals surface area contributed by atoms with Crippen LogP contribution in [-0.4, -0.2) is 34.9 Å². The number of carboxylic acid groups (broad SMARTS) is 2. The van der Waals surface area contributed by atoms with Crippen LogP contribution in [0.4, 0.5) is 0 Å². The molecule has 1 fully saturated rings. The molecule has 0 aromatic heterocycles. The van der Waals surface area contributed by atoms with Gasteiger partial charge in [0, 0.05) is 6.42 Å². The Balaban J connectivity index is 0.000000202. The highest BCUT2D eigenvalue weighted by atomic mass is 16.6. The zero-order valence-corrected chi connectivity index (χ0v) is 6.82. The van der Waals surface area contributed by atoms with E-state index in [1.54, 1.807) is 0 Å². The summed E-state index contributed by atoms with van der Waals surface area (Å²) in [6.45, 7) is 2.24. The molecule has 0 saturated carbocycles. The zero-order valence-electron chi connectivity index (χ0n) is 6.82. The van der Waals surface area contributed by atoms with E-state index < -0.39 is 18.0 Å². The minimum absolute atomic E-state index is 0.292. The summed E-state index contributed by atoms with van der Waals surface area (Å²) in [5, 5.41) is 15.8. The van der Waals surface area contributed by atoms with Gasteiger partial charge in [-0.05, 0) is 6.42 Å². The number of carboxylic acids is 2.